The zero-order chi connectivity index (χ0) is 14.3. The molecule has 5 nitrogen and oxygen atoms in total. The van der Waals surface area contributed by atoms with Crippen molar-refractivity contribution in [1.82, 2.24) is 0 Å². The van der Waals surface area contributed by atoms with Crippen LogP contribution < -0.4 is 11.5 Å². The molecular weight excluding hydrogens is 315 g/mol. The third-order valence-electron chi connectivity index (χ3n) is 2.32. The van der Waals surface area contributed by atoms with Crippen molar-refractivity contribution in [1.29, 1.82) is 0 Å². The molecule has 6 N–H and O–H groups in total. The monoisotopic (exact) mass is 332 g/mol. The van der Waals surface area contributed by atoms with Crippen LogP contribution in [0, 0.1) is 0 Å². The number of carboxylic acids is 1. The summed E-state index contributed by atoms with van der Waals surface area (Å²) in [5.41, 5.74) is 13.2. The molecule has 0 fully saturated rings. The van der Waals surface area contributed by atoms with Crippen molar-refractivity contribution in [3.63, 3.8) is 0 Å². The van der Waals surface area contributed by atoms with Gasteiger partial charge in [0.25, 0.3) is 0 Å². The molecule has 0 unspecified atom stereocenters. The Morgan fingerprint density at radius 3 is 1.57 bits per heavy atom. The van der Waals surface area contributed by atoms with E-state index in [9.17, 15) is 4.79 Å². The third-order valence-corrected chi connectivity index (χ3v) is 2.32. The van der Waals surface area contributed by atoms with Gasteiger partial charge >= 0.3 is 5.97 Å². The quantitative estimate of drug-likeness (QED) is 0.632. The molecule has 7 heteroatoms. The molecular formula is C14H18Cl2N2O3. The number of nitrogen functional groups attached to an aromatic ring is 2. The molecule has 0 atom stereocenters. The highest BCUT2D eigenvalue weighted by atomic mass is 35.5. The molecule has 0 radical (unpaired) electrons. The Hall–Kier alpha value is -1.95. The largest absolute Gasteiger partial charge is 0.478 e. The average molecular weight is 333 g/mol. The molecule has 0 bridgehead atoms. The van der Waals surface area contributed by atoms with Crippen LogP contribution in [0.2, 0.25) is 0 Å². The number of benzene rings is 2. The van der Waals surface area contributed by atoms with Gasteiger partial charge in [0, 0.05) is 11.4 Å². The van der Waals surface area contributed by atoms with E-state index in [-0.39, 0.29) is 37.0 Å². The number of carbonyl (C=O) groups is 1. The molecule has 2 aromatic carbocycles. The normalized spacial score (nSPS) is 8.43. The number of nitrogens with two attached hydrogens (primary N) is 2. The summed E-state index contributed by atoms with van der Waals surface area (Å²) in [6, 6.07) is 13.2. The summed E-state index contributed by atoms with van der Waals surface area (Å²) in [5.74, 6) is -0.931. The fraction of sp³-hybridized carbons (Fsp3) is 0.0714. The summed E-state index contributed by atoms with van der Waals surface area (Å²) < 4.78 is 0. The first-order chi connectivity index (χ1) is 9.02. The molecule has 0 saturated heterocycles. The molecule has 21 heavy (non-hydrogen) atoms. The van der Waals surface area contributed by atoms with E-state index in [1.54, 1.807) is 36.4 Å². The van der Waals surface area contributed by atoms with E-state index in [1.165, 1.54) is 12.1 Å². The lowest BCUT2D eigenvalue weighted by molar-refractivity contribution is 0.0697. The Morgan fingerprint density at radius 2 is 1.24 bits per heavy atom. The Bertz CT molecular complexity index is 531. The van der Waals surface area contributed by atoms with E-state index in [2.05, 4.69) is 0 Å². The topological polar surface area (TPSA) is 110 Å². The number of aliphatic hydroxyl groups is 1. The van der Waals surface area contributed by atoms with Crippen molar-refractivity contribution in [2.45, 2.75) is 6.61 Å². The molecule has 0 heterocycles. The fourth-order valence-corrected chi connectivity index (χ4v) is 1.25. The molecule has 0 aromatic heterocycles. The van der Waals surface area contributed by atoms with E-state index in [0.717, 1.165) is 11.3 Å². The maximum Gasteiger partial charge on any atom is 0.335 e. The van der Waals surface area contributed by atoms with Gasteiger partial charge in [-0.2, -0.15) is 0 Å². The number of anilines is 2. The summed E-state index contributed by atoms with van der Waals surface area (Å²) in [7, 11) is 0. The minimum atomic E-state index is -0.931. The van der Waals surface area contributed by atoms with Gasteiger partial charge in [-0.1, -0.05) is 12.1 Å². The van der Waals surface area contributed by atoms with Gasteiger partial charge in [-0.05, 0) is 42.0 Å². The van der Waals surface area contributed by atoms with Gasteiger partial charge in [-0.3, -0.25) is 0 Å². The second kappa shape index (κ2) is 10.8. The standard InChI is InChI=1S/C7H7NO2.C7H9NO.2ClH/c8-6-3-1-5(2-4-6)7(9)10;8-7-3-1-6(5-9)2-4-7;;/h1-4H,8H2,(H,9,10);1-4,9H,5,8H2;2*1H. The summed E-state index contributed by atoms with van der Waals surface area (Å²) in [5, 5.41) is 17.0. The van der Waals surface area contributed by atoms with E-state index in [4.69, 9.17) is 21.7 Å². The Kier molecular flexibility index (Phi) is 11.0. The van der Waals surface area contributed by atoms with Crippen LogP contribution >= 0.6 is 24.8 Å². The van der Waals surface area contributed by atoms with Crippen molar-refractivity contribution in [3.8, 4) is 0 Å². The van der Waals surface area contributed by atoms with Crippen LogP contribution in [0.25, 0.3) is 0 Å². The van der Waals surface area contributed by atoms with Crippen LogP contribution in [-0.4, -0.2) is 16.2 Å². The van der Waals surface area contributed by atoms with Crippen LogP contribution in [0.5, 0.6) is 0 Å². The highest BCUT2D eigenvalue weighted by Crippen LogP contribution is 2.04. The third kappa shape index (κ3) is 8.04. The van der Waals surface area contributed by atoms with Crippen LogP contribution in [0.15, 0.2) is 48.5 Å². The minimum Gasteiger partial charge on any atom is -0.478 e. The van der Waals surface area contributed by atoms with E-state index < -0.39 is 5.97 Å². The number of rotatable bonds is 2. The molecule has 0 aliphatic rings. The number of halogens is 2. The Balaban J connectivity index is 0. The van der Waals surface area contributed by atoms with Crippen LogP contribution in [0.1, 0.15) is 15.9 Å². The second-order valence-corrected chi connectivity index (χ2v) is 3.83. The second-order valence-electron chi connectivity index (χ2n) is 3.83. The summed E-state index contributed by atoms with van der Waals surface area (Å²) in [6.07, 6.45) is 0. The number of carboxylic acid groups (broad SMARTS) is 1. The lowest BCUT2D eigenvalue weighted by Crippen LogP contribution is -1.95. The van der Waals surface area contributed by atoms with Gasteiger partial charge in [-0.15, -0.1) is 24.8 Å². The lowest BCUT2D eigenvalue weighted by atomic mass is 10.2. The summed E-state index contributed by atoms with van der Waals surface area (Å²) in [6.45, 7) is 0.0836. The highest BCUT2D eigenvalue weighted by molar-refractivity contribution is 5.87. The first kappa shape index (κ1) is 21.4. The summed E-state index contributed by atoms with van der Waals surface area (Å²) >= 11 is 0. The molecule has 0 aliphatic heterocycles. The number of hydrogen-bond donors (Lipinski definition) is 4. The van der Waals surface area contributed by atoms with Gasteiger partial charge in [0.05, 0.1) is 12.2 Å². The smallest absolute Gasteiger partial charge is 0.335 e. The molecule has 116 valence electrons. The zero-order valence-electron chi connectivity index (χ0n) is 11.1. The first-order valence-electron chi connectivity index (χ1n) is 5.57. The predicted octanol–water partition coefficient (Wildman–Crippen LogP) is 2.57. The van der Waals surface area contributed by atoms with Gasteiger partial charge in [-0.25, -0.2) is 4.79 Å². The van der Waals surface area contributed by atoms with Crippen LogP contribution in [0.4, 0.5) is 11.4 Å². The molecule has 0 aliphatic carbocycles. The maximum absolute atomic E-state index is 10.3. The average Bonchev–Trinajstić information content (AvgIpc) is 2.41. The predicted molar refractivity (Wildman–Crippen MR) is 89.1 cm³/mol. The number of hydrogen-bond acceptors (Lipinski definition) is 4. The Labute approximate surface area is 135 Å². The molecule has 0 amide bonds. The van der Waals surface area contributed by atoms with E-state index in [0.29, 0.717) is 5.69 Å². The van der Waals surface area contributed by atoms with Crippen molar-refractivity contribution >= 4 is 42.2 Å². The molecule has 2 aromatic rings. The molecule has 0 spiro atoms. The lowest BCUT2D eigenvalue weighted by Gasteiger charge is -1.94. The van der Waals surface area contributed by atoms with Crippen LogP contribution in [0.3, 0.4) is 0 Å². The van der Waals surface area contributed by atoms with Gasteiger partial charge < -0.3 is 21.7 Å². The van der Waals surface area contributed by atoms with Crippen molar-refractivity contribution < 1.29 is 15.0 Å². The van der Waals surface area contributed by atoms with Gasteiger partial charge in [0.15, 0.2) is 0 Å². The fourth-order valence-electron chi connectivity index (χ4n) is 1.25. The SMILES string of the molecule is Cl.Cl.Nc1ccc(C(=O)O)cc1.Nc1ccc(CO)cc1. The summed E-state index contributed by atoms with van der Waals surface area (Å²) in [4.78, 5) is 10.3. The molecule has 0 saturated carbocycles. The number of aliphatic hydroxyl groups excluding tert-OH is 1. The van der Waals surface area contributed by atoms with Crippen LogP contribution in [-0.2, 0) is 6.61 Å². The van der Waals surface area contributed by atoms with Crippen molar-refractivity contribution in [2.75, 3.05) is 11.5 Å². The minimum absolute atomic E-state index is 0. The van der Waals surface area contributed by atoms with Gasteiger partial charge in [0.1, 0.15) is 0 Å². The van der Waals surface area contributed by atoms with Crippen molar-refractivity contribution in [2.24, 2.45) is 0 Å². The first-order valence-corrected chi connectivity index (χ1v) is 5.57. The zero-order valence-corrected chi connectivity index (χ0v) is 12.7. The number of aromatic carboxylic acids is 1. The molecule has 2 rings (SSSR count). The Morgan fingerprint density at radius 1 is 0.857 bits per heavy atom. The highest BCUT2D eigenvalue weighted by Gasteiger charge is 1.98. The maximum atomic E-state index is 10.3. The van der Waals surface area contributed by atoms with Crippen molar-refractivity contribution in [3.05, 3.63) is 59.7 Å². The van der Waals surface area contributed by atoms with E-state index >= 15 is 0 Å². The van der Waals surface area contributed by atoms with Gasteiger partial charge in [0.2, 0.25) is 0 Å². The van der Waals surface area contributed by atoms with E-state index in [1.807, 2.05) is 0 Å².